The van der Waals surface area contributed by atoms with E-state index in [2.05, 4.69) is 66.4 Å². The van der Waals surface area contributed by atoms with Crippen molar-refractivity contribution in [1.29, 1.82) is 0 Å². The molecule has 110 valence electrons. The van der Waals surface area contributed by atoms with Gasteiger partial charge in [0.15, 0.2) is 0 Å². The fourth-order valence-electron chi connectivity index (χ4n) is 3.50. The van der Waals surface area contributed by atoms with Crippen LogP contribution < -0.4 is 4.90 Å². The number of benzene rings is 2. The number of anilines is 1. The van der Waals surface area contributed by atoms with Gasteiger partial charge < -0.3 is 4.90 Å². The van der Waals surface area contributed by atoms with Gasteiger partial charge in [-0.05, 0) is 49.3 Å². The first-order valence-electron chi connectivity index (χ1n) is 8.27. The molecule has 1 aliphatic heterocycles. The third-order valence-electron chi connectivity index (χ3n) is 4.56. The van der Waals surface area contributed by atoms with Crippen LogP contribution in [0.15, 0.2) is 54.6 Å². The SMILES string of the molecule is CCCN1c2ccccc2CCC1CCc1ccccc1. The van der Waals surface area contributed by atoms with E-state index in [1.165, 1.54) is 55.5 Å². The summed E-state index contributed by atoms with van der Waals surface area (Å²) < 4.78 is 0. The van der Waals surface area contributed by atoms with E-state index in [0.717, 1.165) is 0 Å². The van der Waals surface area contributed by atoms with Gasteiger partial charge in [-0.25, -0.2) is 0 Å². The smallest absolute Gasteiger partial charge is 0.0401 e. The number of fused-ring (bicyclic) bond motifs is 1. The molecule has 0 aromatic heterocycles. The Bertz CT molecular complexity index is 561. The van der Waals surface area contributed by atoms with Crippen LogP contribution in [0.3, 0.4) is 0 Å². The Hall–Kier alpha value is -1.76. The van der Waals surface area contributed by atoms with Gasteiger partial charge in [0.25, 0.3) is 0 Å². The van der Waals surface area contributed by atoms with Crippen LogP contribution in [0.5, 0.6) is 0 Å². The number of para-hydroxylation sites is 1. The van der Waals surface area contributed by atoms with Crippen LogP contribution in [-0.4, -0.2) is 12.6 Å². The molecule has 0 spiro atoms. The minimum atomic E-state index is 0.694. The molecule has 3 rings (SSSR count). The van der Waals surface area contributed by atoms with E-state index in [1.54, 1.807) is 0 Å². The lowest BCUT2D eigenvalue weighted by molar-refractivity contribution is 0.493. The van der Waals surface area contributed by atoms with Gasteiger partial charge in [-0.2, -0.15) is 0 Å². The van der Waals surface area contributed by atoms with Crippen molar-refractivity contribution in [3.63, 3.8) is 0 Å². The number of rotatable bonds is 5. The molecular formula is C20H25N. The second kappa shape index (κ2) is 6.80. The molecule has 1 heteroatoms. The molecule has 0 saturated heterocycles. The van der Waals surface area contributed by atoms with Crippen molar-refractivity contribution in [3.8, 4) is 0 Å². The molecule has 0 saturated carbocycles. The Kier molecular flexibility index (Phi) is 4.59. The maximum absolute atomic E-state index is 2.65. The zero-order valence-corrected chi connectivity index (χ0v) is 13.0. The summed E-state index contributed by atoms with van der Waals surface area (Å²) in [6.45, 7) is 3.46. The lowest BCUT2D eigenvalue weighted by atomic mass is 9.91. The van der Waals surface area contributed by atoms with E-state index in [9.17, 15) is 0 Å². The zero-order chi connectivity index (χ0) is 14.5. The fraction of sp³-hybridized carbons (Fsp3) is 0.400. The lowest BCUT2D eigenvalue weighted by Crippen LogP contribution is -2.40. The lowest BCUT2D eigenvalue weighted by Gasteiger charge is -2.39. The van der Waals surface area contributed by atoms with E-state index in [-0.39, 0.29) is 0 Å². The first-order chi connectivity index (χ1) is 10.4. The van der Waals surface area contributed by atoms with E-state index in [1.807, 2.05) is 0 Å². The monoisotopic (exact) mass is 279 g/mol. The van der Waals surface area contributed by atoms with Gasteiger partial charge in [0.1, 0.15) is 0 Å². The topological polar surface area (TPSA) is 3.24 Å². The standard InChI is InChI=1S/C20H25N/c1-2-16-21-19(14-12-17-8-4-3-5-9-17)15-13-18-10-6-7-11-20(18)21/h3-11,19H,2,12-16H2,1H3. The van der Waals surface area contributed by atoms with Crippen LogP contribution in [0.4, 0.5) is 5.69 Å². The molecule has 0 aliphatic carbocycles. The number of nitrogens with zero attached hydrogens (tertiary/aromatic N) is 1. The molecule has 0 radical (unpaired) electrons. The van der Waals surface area contributed by atoms with Gasteiger partial charge in [0, 0.05) is 18.3 Å². The predicted molar refractivity (Wildman–Crippen MR) is 91.0 cm³/mol. The maximum Gasteiger partial charge on any atom is 0.0401 e. The second-order valence-corrected chi connectivity index (χ2v) is 6.04. The van der Waals surface area contributed by atoms with Gasteiger partial charge >= 0.3 is 0 Å². The molecule has 0 fully saturated rings. The highest BCUT2D eigenvalue weighted by atomic mass is 15.2. The number of hydrogen-bond acceptors (Lipinski definition) is 1. The van der Waals surface area contributed by atoms with Crippen molar-refractivity contribution < 1.29 is 0 Å². The molecule has 1 aliphatic rings. The third kappa shape index (κ3) is 3.29. The van der Waals surface area contributed by atoms with Crippen molar-refractivity contribution in [2.24, 2.45) is 0 Å². The number of hydrogen-bond donors (Lipinski definition) is 0. The Morgan fingerprint density at radius 1 is 1.00 bits per heavy atom. The molecule has 1 heterocycles. The van der Waals surface area contributed by atoms with Gasteiger partial charge in [-0.1, -0.05) is 55.5 Å². The van der Waals surface area contributed by atoms with E-state index < -0.39 is 0 Å². The third-order valence-corrected chi connectivity index (χ3v) is 4.56. The highest BCUT2D eigenvalue weighted by Crippen LogP contribution is 2.32. The Labute approximate surface area is 128 Å². The van der Waals surface area contributed by atoms with Crippen LogP contribution in [0.1, 0.15) is 37.3 Å². The molecule has 0 N–H and O–H groups in total. The minimum absolute atomic E-state index is 0.694. The van der Waals surface area contributed by atoms with Crippen LogP contribution in [0.25, 0.3) is 0 Å². The molecule has 1 unspecified atom stereocenters. The maximum atomic E-state index is 2.65. The summed E-state index contributed by atoms with van der Waals surface area (Å²) in [5.74, 6) is 0. The summed E-state index contributed by atoms with van der Waals surface area (Å²) in [5, 5.41) is 0. The van der Waals surface area contributed by atoms with Gasteiger partial charge in [-0.3, -0.25) is 0 Å². The number of aryl methyl sites for hydroxylation is 2. The van der Waals surface area contributed by atoms with Crippen LogP contribution >= 0.6 is 0 Å². The Morgan fingerprint density at radius 3 is 2.57 bits per heavy atom. The predicted octanol–water partition coefficient (Wildman–Crippen LogP) is 4.85. The summed E-state index contributed by atoms with van der Waals surface area (Å²) >= 11 is 0. The van der Waals surface area contributed by atoms with E-state index in [4.69, 9.17) is 0 Å². The van der Waals surface area contributed by atoms with Crippen LogP contribution in [-0.2, 0) is 12.8 Å². The summed E-state index contributed by atoms with van der Waals surface area (Å²) in [5.41, 5.74) is 4.47. The van der Waals surface area contributed by atoms with Crippen LogP contribution in [0.2, 0.25) is 0 Å². The second-order valence-electron chi connectivity index (χ2n) is 6.04. The molecule has 21 heavy (non-hydrogen) atoms. The van der Waals surface area contributed by atoms with E-state index in [0.29, 0.717) is 6.04 Å². The van der Waals surface area contributed by atoms with Crippen molar-refractivity contribution in [2.45, 2.75) is 45.1 Å². The van der Waals surface area contributed by atoms with Crippen molar-refractivity contribution in [3.05, 3.63) is 65.7 Å². The summed E-state index contributed by atoms with van der Waals surface area (Å²) in [6, 6.07) is 20.6. The van der Waals surface area contributed by atoms with Crippen molar-refractivity contribution in [2.75, 3.05) is 11.4 Å². The minimum Gasteiger partial charge on any atom is -0.368 e. The average Bonchev–Trinajstić information content (AvgIpc) is 2.55. The molecule has 0 amide bonds. The molecule has 2 aromatic carbocycles. The molecule has 0 bridgehead atoms. The first-order valence-corrected chi connectivity index (χ1v) is 8.27. The summed E-state index contributed by atoms with van der Waals surface area (Å²) in [7, 11) is 0. The first kappa shape index (κ1) is 14.2. The van der Waals surface area contributed by atoms with Gasteiger partial charge in [-0.15, -0.1) is 0 Å². The largest absolute Gasteiger partial charge is 0.368 e. The average molecular weight is 279 g/mol. The van der Waals surface area contributed by atoms with Crippen molar-refractivity contribution in [1.82, 2.24) is 0 Å². The fourth-order valence-corrected chi connectivity index (χ4v) is 3.50. The highest BCUT2D eigenvalue weighted by Gasteiger charge is 2.24. The highest BCUT2D eigenvalue weighted by molar-refractivity contribution is 5.56. The van der Waals surface area contributed by atoms with Crippen LogP contribution in [0, 0.1) is 0 Å². The molecule has 2 aromatic rings. The quantitative estimate of drug-likeness (QED) is 0.756. The van der Waals surface area contributed by atoms with Gasteiger partial charge in [0.05, 0.1) is 0 Å². The molecule has 1 atom stereocenters. The zero-order valence-electron chi connectivity index (χ0n) is 13.0. The van der Waals surface area contributed by atoms with E-state index >= 15 is 0 Å². The normalized spacial score (nSPS) is 17.6. The van der Waals surface area contributed by atoms with Gasteiger partial charge in [0.2, 0.25) is 0 Å². The molecular weight excluding hydrogens is 254 g/mol. The molecule has 1 nitrogen and oxygen atoms in total. The summed E-state index contributed by atoms with van der Waals surface area (Å²) in [4.78, 5) is 2.65. The summed E-state index contributed by atoms with van der Waals surface area (Å²) in [6.07, 6.45) is 6.20. The Balaban J connectivity index is 1.73. The van der Waals surface area contributed by atoms with Crippen molar-refractivity contribution >= 4 is 5.69 Å². The Morgan fingerprint density at radius 2 is 1.76 bits per heavy atom.